The molecule has 0 amide bonds. The van der Waals surface area contributed by atoms with Crippen LogP contribution in [0.1, 0.15) is 5.69 Å². The van der Waals surface area contributed by atoms with Gasteiger partial charge in [0.1, 0.15) is 12.3 Å². The fourth-order valence-electron chi connectivity index (χ4n) is 1.02. The van der Waals surface area contributed by atoms with Crippen molar-refractivity contribution in [2.75, 3.05) is 13.2 Å². The zero-order valence-corrected chi connectivity index (χ0v) is 6.32. The van der Waals surface area contributed by atoms with Gasteiger partial charge >= 0.3 is 0 Å². The number of hydrogen-bond acceptors (Lipinski definition) is 3. The Morgan fingerprint density at radius 1 is 1.64 bits per heavy atom. The number of ether oxygens (including phenoxy) is 1. The summed E-state index contributed by atoms with van der Waals surface area (Å²) in [5, 5.41) is 4.15. The van der Waals surface area contributed by atoms with Crippen molar-refractivity contribution in [3.05, 3.63) is 18.0 Å². The van der Waals surface area contributed by atoms with Gasteiger partial charge in [-0.05, 0) is 6.07 Å². The summed E-state index contributed by atoms with van der Waals surface area (Å²) in [6, 6.07) is 1.89. The lowest BCUT2D eigenvalue weighted by Gasteiger charge is -1.94. The largest absolute Gasteiger partial charge is 0.474 e. The molecule has 0 N–H and O–H groups in total. The van der Waals surface area contributed by atoms with Crippen LogP contribution in [-0.4, -0.2) is 28.8 Å². The Kier molecular flexibility index (Phi) is 1.38. The molecule has 4 heteroatoms. The molecule has 0 atom stereocenters. The second-order valence-electron chi connectivity index (χ2n) is 2.41. The predicted octanol–water partition coefficient (Wildman–Crippen LogP) is 0.197. The molecule has 0 saturated heterocycles. The van der Waals surface area contributed by atoms with Gasteiger partial charge in [0, 0.05) is 13.2 Å². The minimum Gasteiger partial charge on any atom is -0.474 e. The van der Waals surface area contributed by atoms with Crippen LogP contribution in [0.3, 0.4) is 0 Å². The van der Waals surface area contributed by atoms with Crippen LogP contribution in [0, 0.1) is 0 Å². The Morgan fingerprint density at radius 3 is 3.09 bits per heavy atom. The van der Waals surface area contributed by atoms with Crippen molar-refractivity contribution in [1.29, 1.82) is 0 Å². The number of aromatic nitrogens is 2. The van der Waals surface area contributed by atoms with E-state index in [4.69, 9.17) is 4.74 Å². The molecule has 0 spiro atoms. The molecule has 4 nitrogen and oxygen atoms in total. The van der Waals surface area contributed by atoms with Crippen LogP contribution in [-0.2, 0) is 11.8 Å². The monoisotopic (exact) mass is 151 g/mol. The predicted molar refractivity (Wildman–Crippen MR) is 40.6 cm³/mol. The Bertz CT molecular complexity index is 290. The van der Waals surface area contributed by atoms with Crippen LogP contribution in [0.15, 0.2) is 17.3 Å². The number of rotatable bonds is 1. The minimum absolute atomic E-state index is 0.672. The van der Waals surface area contributed by atoms with Crippen LogP contribution in [0.5, 0.6) is 0 Å². The van der Waals surface area contributed by atoms with Gasteiger partial charge in [0.15, 0.2) is 0 Å². The van der Waals surface area contributed by atoms with Crippen LogP contribution in [0.4, 0.5) is 0 Å². The van der Waals surface area contributed by atoms with Gasteiger partial charge in [-0.25, -0.2) is 4.99 Å². The third kappa shape index (κ3) is 1.11. The minimum atomic E-state index is 0.672. The molecule has 11 heavy (non-hydrogen) atoms. The standard InChI is InChI=1S/C7H9N3O/c1-10-4-2-6(9-10)7-8-3-5-11-7/h2,4H,3,5H2,1H3. The maximum absolute atomic E-state index is 5.23. The quantitative estimate of drug-likeness (QED) is 0.575. The van der Waals surface area contributed by atoms with Crippen molar-refractivity contribution in [2.45, 2.75) is 0 Å². The van der Waals surface area contributed by atoms with Crippen LogP contribution in [0.2, 0.25) is 0 Å². The van der Waals surface area contributed by atoms with Gasteiger partial charge < -0.3 is 4.74 Å². The molecule has 0 saturated carbocycles. The van der Waals surface area contributed by atoms with E-state index in [0.29, 0.717) is 12.5 Å². The molecule has 0 aliphatic carbocycles. The van der Waals surface area contributed by atoms with Crippen molar-refractivity contribution in [1.82, 2.24) is 9.78 Å². The number of aliphatic imine (C=N–C) groups is 1. The summed E-state index contributed by atoms with van der Waals surface area (Å²) in [6.45, 7) is 1.44. The zero-order chi connectivity index (χ0) is 7.68. The number of aryl methyl sites for hydroxylation is 1. The fourth-order valence-corrected chi connectivity index (χ4v) is 1.02. The second kappa shape index (κ2) is 2.38. The summed E-state index contributed by atoms with van der Waals surface area (Å²) in [4.78, 5) is 4.14. The van der Waals surface area contributed by atoms with Gasteiger partial charge in [0.05, 0.1) is 6.54 Å². The SMILES string of the molecule is Cn1ccc(C2=NCCO2)n1. The molecular weight excluding hydrogens is 142 g/mol. The molecule has 58 valence electrons. The average Bonchev–Trinajstić information content (AvgIpc) is 2.55. The summed E-state index contributed by atoms with van der Waals surface area (Å²) in [5.74, 6) is 0.672. The average molecular weight is 151 g/mol. The van der Waals surface area contributed by atoms with E-state index in [1.807, 2.05) is 19.3 Å². The van der Waals surface area contributed by atoms with E-state index in [9.17, 15) is 0 Å². The molecule has 1 aromatic rings. The van der Waals surface area contributed by atoms with Gasteiger partial charge in [-0.15, -0.1) is 0 Å². The van der Waals surface area contributed by atoms with Crippen molar-refractivity contribution >= 4 is 5.90 Å². The Morgan fingerprint density at radius 2 is 2.55 bits per heavy atom. The summed E-state index contributed by atoms with van der Waals surface area (Å²) in [7, 11) is 1.87. The smallest absolute Gasteiger partial charge is 0.237 e. The van der Waals surface area contributed by atoms with E-state index in [-0.39, 0.29) is 0 Å². The van der Waals surface area contributed by atoms with Gasteiger partial charge in [0.25, 0.3) is 0 Å². The van der Waals surface area contributed by atoms with Crippen molar-refractivity contribution < 1.29 is 4.74 Å². The summed E-state index contributed by atoms with van der Waals surface area (Å²) in [5.41, 5.74) is 0.824. The van der Waals surface area contributed by atoms with Crippen molar-refractivity contribution in [3.63, 3.8) is 0 Å². The van der Waals surface area contributed by atoms with Gasteiger partial charge in [0.2, 0.25) is 5.90 Å². The fraction of sp³-hybridized carbons (Fsp3) is 0.429. The van der Waals surface area contributed by atoms with Crippen molar-refractivity contribution in [2.24, 2.45) is 12.0 Å². The molecule has 1 aromatic heterocycles. The zero-order valence-electron chi connectivity index (χ0n) is 6.32. The molecule has 2 rings (SSSR count). The number of hydrogen-bond donors (Lipinski definition) is 0. The molecule has 0 unspecified atom stereocenters. The van der Waals surface area contributed by atoms with Gasteiger partial charge in [-0.2, -0.15) is 5.10 Å². The Hall–Kier alpha value is -1.32. The summed E-state index contributed by atoms with van der Waals surface area (Å²) in [6.07, 6.45) is 1.87. The van der Waals surface area contributed by atoms with Crippen LogP contribution < -0.4 is 0 Å². The molecule has 2 heterocycles. The van der Waals surface area contributed by atoms with Gasteiger partial charge in [-0.1, -0.05) is 0 Å². The van der Waals surface area contributed by atoms with Gasteiger partial charge in [-0.3, -0.25) is 4.68 Å². The molecule has 0 radical (unpaired) electrons. The maximum atomic E-state index is 5.23. The topological polar surface area (TPSA) is 39.4 Å². The van der Waals surface area contributed by atoms with E-state index in [1.165, 1.54) is 0 Å². The highest BCUT2D eigenvalue weighted by Crippen LogP contribution is 2.03. The first-order valence-electron chi connectivity index (χ1n) is 3.53. The molecule has 0 bridgehead atoms. The third-order valence-electron chi connectivity index (χ3n) is 1.52. The van der Waals surface area contributed by atoms with E-state index in [0.717, 1.165) is 12.2 Å². The van der Waals surface area contributed by atoms with E-state index >= 15 is 0 Å². The Labute approximate surface area is 64.5 Å². The first-order valence-corrected chi connectivity index (χ1v) is 3.53. The number of nitrogens with zero attached hydrogens (tertiary/aromatic N) is 3. The summed E-state index contributed by atoms with van der Waals surface area (Å²) >= 11 is 0. The van der Waals surface area contributed by atoms with Crippen molar-refractivity contribution in [3.8, 4) is 0 Å². The highest BCUT2D eigenvalue weighted by Gasteiger charge is 2.11. The molecule has 1 aliphatic rings. The van der Waals surface area contributed by atoms with Crippen LogP contribution in [0.25, 0.3) is 0 Å². The molecular formula is C7H9N3O. The lowest BCUT2D eigenvalue weighted by Crippen LogP contribution is -2.02. The highest BCUT2D eigenvalue weighted by atomic mass is 16.5. The van der Waals surface area contributed by atoms with E-state index in [1.54, 1.807) is 4.68 Å². The first-order chi connectivity index (χ1) is 5.36. The molecule has 1 aliphatic heterocycles. The maximum Gasteiger partial charge on any atom is 0.237 e. The second-order valence-corrected chi connectivity index (χ2v) is 2.41. The highest BCUT2D eigenvalue weighted by molar-refractivity contribution is 5.92. The molecule has 0 fully saturated rings. The van der Waals surface area contributed by atoms with E-state index < -0.39 is 0 Å². The lowest BCUT2D eigenvalue weighted by molar-refractivity contribution is 0.347. The van der Waals surface area contributed by atoms with Crippen LogP contribution >= 0.6 is 0 Å². The normalized spacial score (nSPS) is 16.3. The lowest BCUT2D eigenvalue weighted by atomic mass is 10.4. The summed E-state index contributed by atoms with van der Waals surface area (Å²) < 4.78 is 6.96. The third-order valence-corrected chi connectivity index (χ3v) is 1.52. The molecule has 0 aromatic carbocycles. The first kappa shape index (κ1) is 6.39. The Balaban J connectivity index is 2.28. The van der Waals surface area contributed by atoms with E-state index in [2.05, 4.69) is 10.1 Å².